The number of rotatable bonds is 0. The Morgan fingerprint density at radius 1 is 0.818 bits per heavy atom. The number of anilines is 4. The molecule has 1 aromatic rings. The lowest BCUT2D eigenvalue weighted by molar-refractivity contribution is 1.21. The maximum atomic E-state index is 5.32. The van der Waals surface area contributed by atoms with Crippen LogP contribution in [-0.4, -0.2) is 9.97 Å². The highest BCUT2D eigenvalue weighted by molar-refractivity contribution is 5.85. The Morgan fingerprint density at radius 3 is 1.55 bits per heavy atom. The van der Waals surface area contributed by atoms with Gasteiger partial charge in [-0.3, -0.25) is 0 Å². The first kappa shape index (κ1) is 9.57. The molecule has 62 valence electrons. The normalized spacial score (nSPS) is 8.73. The molecule has 6 nitrogen and oxygen atoms in total. The van der Waals surface area contributed by atoms with Crippen LogP contribution in [0, 0.1) is 0 Å². The van der Waals surface area contributed by atoms with E-state index < -0.39 is 0 Å². The Kier molecular flexibility index (Phi) is 2.70. The first-order valence-corrected chi connectivity index (χ1v) is 2.55. The van der Waals surface area contributed by atoms with Crippen molar-refractivity contribution in [2.75, 3.05) is 22.9 Å². The van der Waals surface area contributed by atoms with E-state index in [9.17, 15) is 0 Å². The fraction of sp³-hybridized carbons (Fsp3) is 0. The summed E-state index contributed by atoms with van der Waals surface area (Å²) in [6.45, 7) is 0. The van der Waals surface area contributed by atoms with Gasteiger partial charge in [-0.05, 0) is 0 Å². The molecule has 7 heteroatoms. The monoisotopic (exact) mass is 176 g/mol. The fourth-order valence-electron chi connectivity index (χ4n) is 0.523. The SMILES string of the molecule is Cl.Nc1nc(N)c(N)c(N)n1. The molecule has 1 heterocycles. The maximum Gasteiger partial charge on any atom is 0.224 e. The zero-order chi connectivity index (χ0) is 7.72. The molecule has 0 radical (unpaired) electrons. The van der Waals surface area contributed by atoms with E-state index in [-0.39, 0.29) is 35.7 Å². The predicted octanol–water partition coefficient (Wildman–Crippen LogP) is -0.773. The Labute approximate surface area is 69.4 Å². The van der Waals surface area contributed by atoms with Gasteiger partial charge in [-0.15, -0.1) is 12.4 Å². The van der Waals surface area contributed by atoms with Crippen LogP contribution in [0.5, 0.6) is 0 Å². The van der Waals surface area contributed by atoms with Gasteiger partial charge in [-0.2, -0.15) is 9.97 Å². The number of halogens is 1. The van der Waals surface area contributed by atoms with Gasteiger partial charge >= 0.3 is 0 Å². The summed E-state index contributed by atoms with van der Waals surface area (Å²) >= 11 is 0. The second-order valence-electron chi connectivity index (χ2n) is 1.77. The van der Waals surface area contributed by atoms with Gasteiger partial charge in [0.15, 0.2) is 11.6 Å². The highest BCUT2D eigenvalue weighted by atomic mass is 35.5. The second-order valence-corrected chi connectivity index (χ2v) is 1.77. The van der Waals surface area contributed by atoms with Crippen LogP contribution in [0.25, 0.3) is 0 Å². The number of hydrogen-bond donors (Lipinski definition) is 4. The summed E-state index contributed by atoms with van der Waals surface area (Å²) < 4.78 is 0. The molecule has 0 unspecified atom stereocenters. The second kappa shape index (κ2) is 3.11. The summed E-state index contributed by atoms with van der Waals surface area (Å²) in [6, 6.07) is 0. The van der Waals surface area contributed by atoms with Gasteiger partial charge < -0.3 is 22.9 Å². The standard InChI is InChI=1S/C4H8N6.ClH/c5-1-2(6)9-4(8)10-3(1)7;/h5H2,(H6,6,7,8,9,10);1H. The van der Waals surface area contributed by atoms with Crippen LogP contribution < -0.4 is 22.9 Å². The summed E-state index contributed by atoms with van der Waals surface area (Å²) in [4.78, 5) is 7.15. The zero-order valence-electron chi connectivity index (χ0n) is 5.61. The van der Waals surface area contributed by atoms with Crippen molar-refractivity contribution in [3.63, 3.8) is 0 Å². The molecule has 0 amide bonds. The number of hydrogen-bond acceptors (Lipinski definition) is 6. The number of nitrogens with two attached hydrogens (primary N) is 4. The highest BCUT2D eigenvalue weighted by Crippen LogP contribution is 2.17. The van der Waals surface area contributed by atoms with Crippen LogP contribution >= 0.6 is 12.4 Å². The van der Waals surface area contributed by atoms with Crippen molar-refractivity contribution >= 4 is 35.7 Å². The van der Waals surface area contributed by atoms with Crippen LogP contribution in [0.3, 0.4) is 0 Å². The van der Waals surface area contributed by atoms with Crippen LogP contribution in [0.2, 0.25) is 0 Å². The number of aromatic nitrogens is 2. The van der Waals surface area contributed by atoms with E-state index in [0.29, 0.717) is 0 Å². The smallest absolute Gasteiger partial charge is 0.224 e. The van der Waals surface area contributed by atoms with E-state index in [4.69, 9.17) is 22.9 Å². The Hall–Kier alpha value is -1.43. The zero-order valence-corrected chi connectivity index (χ0v) is 6.43. The van der Waals surface area contributed by atoms with Gasteiger partial charge in [0.25, 0.3) is 0 Å². The molecule has 0 aliphatic carbocycles. The van der Waals surface area contributed by atoms with E-state index in [1.807, 2.05) is 0 Å². The molecule has 0 saturated heterocycles. The van der Waals surface area contributed by atoms with Crippen LogP contribution in [0.1, 0.15) is 0 Å². The summed E-state index contributed by atoms with van der Waals surface area (Å²) in [7, 11) is 0. The molecule has 0 saturated carbocycles. The Bertz CT molecular complexity index is 238. The highest BCUT2D eigenvalue weighted by Gasteiger charge is 2.02. The minimum Gasteiger partial charge on any atom is -0.393 e. The van der Waals surface area contributed by atoms with Gasteiger partial charge in [0.05, 0.1) is 0 Å². The molecule has 0 atom stereocenters. The molecule has 1 aromatic heterocycles. The largest absolute Gasteiger partial charge is 0.393 e. The fourth-order valence-corrected chi connectivity index (χ4v) is 0.523. The average molecular weight is 177 g/mol. The van der Waals surface area contributed by atoms with Crippen LogP contribution in [0.4, 0.5) is 23.3 Å². The molecule has 0 aliphatic rings. The van der Waals surface area contributed by atoms with Gasteiger partial charge in [0.1, 0.15) is 5.69 Å². The molecule has 8 N–H and O–H groups in total. The predicted molar refractivity (Wildman–Crippen MR) is 46.9 cm³/mol. The Morgan fingerprint density at radius 2 is 1.18 bits per heavy atom. The van der Waals surface area contributed by atoms with E-state index in [2.05, 4.69) is 9.97 Å². The first-order valence-electron chi connectivity index (χ1n) is 2.55. The van der Waals surface area contributed by atoms with Gasteiger partial charge in [0.2, 0.25) is 5.95 Å². The maximum absolute atomic E-state index is 5.32. The molecular weight excluding hydrogens is 168 g/mol. The van der Waals surface area contributed by atoms with E-state index in [1.54, 1.807) is 0 Å². The third-order valence-corrected chi connectivity index (χ3v) is 1.02. The lowest BCUT2D eigenvalue weighted by atomic mass is 10.4. The molecular formula is C4H9ClN6. The Balaban J connectivity index is 0.000001000. The molecule has 11 heavy (non-hydrogen) atoms. The summed E-state index contributed by atoms with van der Waals surface area (Å²) in [6.07, 6.45) is 0. The van der Waals surface area contributed by atoms with Crippen molar-refractivity contribution in [2.24, 2.45) is 0 Å². The molecule has 0 spiro atoms. The van der Waals surface area contributed by atoms with Crippen LogP contribution in [-0.2, 0) is 0 Å². The molecule has 0 fully saturated rings. The first-order chi connectivity index (χ1) is 4.61. The molecule has 0 aliphatic heterocycles. The lowest BCUT2D eigenvalue weighted by Gasteiger charge is -2.01. The van der Waals surface area contributed by atoms with Gasteiger partial charge in [0, 0.05) is 0 Å². The number of nitrogens with zero attached hydrogens (tertiary/aromatic N) is 2. The van der Waals surface area contributed by atoms with Crippen molar-refractivity contribution < 1.29 is 0 Å². The van der Waals surface area contributed by atoms with Crippen molar-refractivity contribution in [1.82, 2.24) is 9.97 Å². The lowest BCUT2D eigenvalue weighted by Crippen LogP contribution is -2.07. The van der Waals surface area contributed by atoms with Crippen LogP contribution in [0.15, 0.2) is 0 Å². The topological polar surface area (TPSA) is 130 Å². The van der Waals surface area contributed by atoms with E-state index >= 15 is 0 Å². The van der Waals surface area contributed by atoms with Gasteiger partial charge in [-0.25, -0.2) is 0 Å². The summed E-state index contributed by atoms with van der Waals surface area (Å²) in [5, 5.41) is 0. The summed E-state index contributed by atoms with van der Waals surface area (Å²) in [5.41, 5.74) is 21.3. The van der Waals surface area contributed by atoms with Crippen molar-refractivity contribution in [1.29, 1.82) is 0 Å². The van der Waals surface area contributed by atoms with Gasteiger partial charge in [-0.1, -0.05) is 0 Å². The summed E-state index contributed by atoms with van der Waals surface area (Å²) in [5.74, 6) is 0.263. The molecule has 0 aromatic carbocycles. The molecule has 0 bridgehead atoms. The van der Waals surface area contributed by atoms with Crippen molar-refractivity contribution in [2.45, 2.75) is 0 Å². The van der Waals surface area contributed by atoms with Crippen molar-refractivity contribution in [3.8, 4) is 0 Å². The third kappa shape index (κ3) is 1.74. The minimum absolute atomic E-state index is 0. The average Bonchev–Trinajstić information content (AvgIpc) is 1.82. The quantitative estimate of drug-likeness (QED) is 0.411. The van der Waals surface area contributed by atoms with E-state index in [1.165, 1.54) is 0 Å². The van der Waals surface area contributed by atoms with E-state index in [0.717, 1.165) is 0 Å². The number of nitrogen functional groups attached to an aromatic ring is 4. The minimum atomic E-state index is 0. The van der Waals surface area contributed by atoms with Crippen molar-refractivity contribution in [3.05, 3.63) is 0 Å². The molecule has 1 rings (SSSR count). The third-order valence-electron chi connectivity index (χ3n) is 1.02.